The number of aliphatic imine (C=N–C) groups is 2. The minimum Gasteiger partial charge on any atom is -0.508 e. The van der Waals surface area contributed by atoms with E-state index in [1.807, 2.05) is 0 Å². The second kappa shape index (κ2) is 17.0. The van der Waals surface area contributed by atoms with E-state index >= 15 is 0 Å². The molecule has 3 unspecified atom stereocenters. The van der Waals surface area contributed by atoms with E-state index in [1.165, 1.54) is 12.1 Å². The number of nitrogens with one attached hydrogen (secondary N) is 3. The number of carboxylic acids is 1. The third-order valence-corrected chi connectivity index (χ3v) is 5.31. The number of benzene rings is 1. The minimum atomic E-state index is -1.26. The molecule has 39 heavy (non-hydrogen) atoms. The lowest BCUT2D eigenvalue weighted by Crippen LogP contribution is -2.53. The molecule has 0 aliphatic heterocycles. The van der Waals surface area contributed by atoms with Gasteiger partial charge in [0.15, 0.2) is 11.9 Å². The first-order chi connectivity index (χ1) is 18.4. The number of amides is 3. The van der Waals surface area contributed by atoms with E-state index < -0.39 is 48.4 Å². The smallest absolute Gasteiger partial charge is 0.326 e. The molecule has 1 rings (SSSR count). The van der Waals surface area contributed by atoms with Crippen LogP contribution in [0.15, 0.2) is 34.3 Å². The molecular formula is C23H38N10O6. The first-order valence-electron chi connectivity index (χ1n) is 12.1. The summed E-state index contributed by atoms with van der Waals surface area (Å²) in [7, 11) is 0. The number of phenolic OH excluding ortho intramolecular Hbond substituents is 1. The highest BCUT2D eigenvalue weighted by Gasteiger charge is 2.25. The number of carbonyl (C=O) groups excluding carboxylic acids is 3. The summed E-state index contributed by atoms with van der Waals surface area (Å²) in [5, 5.41) is 26.0. The van der Waals surface area contributed by atoms with Crippen molar-refractivity contribution in [2.75, 3.05) is 19.6 Å². The molecule has 3 amide bonds. The Bertz CT molecular complexity index is 1020. The molecule has 0 aliphatic carbocycles. The molecule has 0 spiro atoms. The van der Waals surface area contributed by atoms with Crippen LogP contribution >= 0.6 is 0 Å². The van der Waals surface area contributed by atoms with Gasteiger partial charge in [0.05, 0.1) is 12.6 Å². The summed E-state index contributed by atoms with van der Waals surface area (Å²) in [6.45, 7) is -0.145. The molecule has 0 bridgehead atoms. The van der Waals surface area contributed by atoms with Crippen LogP contribution in [0.1, 0.15) is 31.2 Å². The molecule has 0 fully saturated rings. The first-order valence-corrected chi connectivity index (χ1v) is 12.1. The van der Waals surface area contributed by atoms with E-state index in [9.17, 15) is 29.4 Å². The molecule has 3 atom stereocenters. The number of carbonyl (C=O) groups is 4. The van der Waals surface area contributed by atoms with Gasteiger partial charge in [0.1, 0.15) is 17.8 Å². The average molecular weight is 551 g/mol. The standard InChI is InChI=1S/C23H38N10O6/c24-15(11-13-5-7-14(34)8-6-13)19(36)33-16(3-1-9-29-22(25)26)20(37)31-12-18(35)32-17(21(38)39)4-2-10-30-23(27)28/h5-8,15-17,34H,1-4,9-12,24H2,(H,31,37)(H,32,35)(H,33,36)(H,38,39)(H4,25,26,29)(H4,27,28,30). The van der Waals surface area contributed by atoms with Gasteiger partial charge in [-0.15, -0.1) is 0 Å². The van der Waals surface area contributed by atoms with Crippen LogP contribution in [0.3, 0.4) is 0 Å². The molecule has 15 N–H and O–H groups in total. The number of nitrogens with two attached hydrogens (primary N) is 5. The average Bonchev–Trinajstić information content (AvgIpc) is 2.86. The van der Waals surface area contributed by atoms with Gasteiger partial charge in [-0.05, 0) is 49.8 Å². The summed E-state index contributed by atoms with van der Waals surface area (Å²) in [5.74, 6) is -3.48. The topological polar surface area (TPSA) is 300 Å². The van der Waals surface area contributed by atoms with Crippen LogP contribution in [-0.2, 0) is 25.6 Å². The number of carboxylic acid groups (broad SMARTS) is 1. The predicted molar refractivity (Wildman–Crippen MR) is 144 cm³/mol. The van der Waals surface area contributed by atoms with Gasteiger partial charge in [-0.25, -0.2) is 4.79 Å². The van der Waals surface area contributed by atoms with Crippen molar-refractivity contribution in [2.45, 2.75) is 50.2 Å². The number of phenols is 1. The Morgan fingerprint density at radius 1 is 0.821 bits per heavy atom. The van der Waals surface area contributed by atoms with Gasteiger partial charge in [0.25, 0.3) is 0 Å². The Kier molecular flexibility index (Phi) is 14.1. The van der Waals surface area contributed by atoms with Gasteiger partial charge in [-0.3, -0.25) is 24.4 Å². The summed E-state index contributed by atoms with van der Waals surface area (Å²) in [6.07, 6.45) is 0.970. The van der Waals surface area contributed by atoms with Crippen LogP contribution in [0, 0.1) is 0 Å². The molecule has 216 valence electrons. The lowest BCUT2D eigenvalue weighted by Gasteiger charge is -2.21. The molecule has 0 heterocycles. The van der Waals surface area contributed by atoms with Crippen LogP contribution in [-0.4, -0.2) is 83.6 Å². The van der Waals surface area contributed by atoms with Crippen LogP contribution in [0.5, 0.6) is 5.75 Å². The highest BCUT2D eigenvalue weighted by Crippen LogP contribution is 2.11. The van der Waals surface area contributed by atoms with Crippen LogP contribution in [0.4, 0.5) is 0 Å². The summed E-state index contributed by atoms with van der Waals surface area (Å²) in [4.78, 5) is 56.8. The van der Waals surface area contributed by atoms with Gasteiger partial charge >= 0.3 is 5.97 Å². The van der Waals surface area contributed by atoms with E-state index in [2.05, 4.69) is 25.9 Å². The maximum Gasteiger partial charge on any atom is 0.326 e. The Hall–Kier alpha value is -4.60. The quantitative estimate of drug-likeness (QED) is 0.0516. The maximum atomic E-state index is 12.8. The van der Waals surface area contributed by atoms with Gasteiger partial charge in [0.2, 0.25) is 17.7 Å². The molecule has 16 nitrogen and oxygen atoms in total. The second-order valence-electron chi connectivity index (χ2n) is 8.61. The Morgan fingerprint density at radius 3 is 1.87 bits per heavy atom. The van der Waals surface area contributed by atoms with E-state index in [4.69, 9.17) is 28.7 Å². The molecule has 16 heteroatoms. The minimum absolute atomic E-state index is 0.0637. The molecule has 0 saturated carbocycles. The summed E-state index contributed by atoms with van der Waals surface area (Å²) >= 11 is 0. The predicted octanol–water partition coefficient (Wildman–Crippen LogP) is -3.46. The Morgan fingerprint density at radius 2 is 1.36 bits per heavy atom. The zero-order valence-electron chi connectivity index (χ0n) is 21.5. The zero-order valence-corrected chi connectivity index (χ0v) is 21.5. The largest absolute Gasteiger partial charge is 0.508 e. The third kappa shape index (κ3) is 14.1. The molecule has 0 radical (unpaired) electrons. The lowest BCUT2D eigenvalue weighted by molar-refractivity contribution is -0.142. The fourth-order valence-electron chi connectivity index (χ4n) is 3.33. The maximum absolute atomic E-state index is 12.8. The Labute approximate surface area is 225 Å². The van der Waals surface area contributed by atoms with Crippen LogP contribution in [0.25, 0.3) is 0 Å². The summed E-state index contributed by atoms with van der Waals surface area (Å²) in [5.41, 5.74) is 27.8. The second-order valence-corrected chi connectivity index (χ2v) is 8.61. The highest BCUT2D eigenvalue weighted by atomic mass is 16.4. The van der Waals surface area contributed by atoms with Crippen LogP contribution < -0.4 is 44.6 Å². The number of nitrogens with zero attached hydrogens (tertiary/aromatic N) is 2. The number of aliphatic carboxylic acids is 1. The number of hydrogen-bond donors (Lipinski definition) is 10. The van der Waals surface area contributed by atoms with E-state index in [0.29, 0.717) is 18.4 Å². The summed E-state index contributed by atoms with van der Waals surface area (Å²) < 4.78 is 0. The van der Waals surface area contributed by atoms with Crippen molar-refractivity contribution in [1.29, 1.82) is 0 Å². The number of aromatic hydroxyl groups is 1. The monoisotopic (exact) mass is 550 g/mol. The van der Waals surface area contributed by atoms with Crippen molar-refractivity contribution in [1.82, 2.24) is 16.0 Å². The van der Waals surface area contributed by atoms with Crippen molar-refractivity contribution < 1.29 is 29.4 Å². The van der Waals surface area contributed by atoms with Crippen molar-refractivity contribution in [3.05, 3.63) is 29.8 Å². The number of hydrogen-bond acceptors (Lipinski definition) is 8. The van der Waals surface area contributed by atoms with Crippen molar-refractivity contribution in [3.63, 3.8) is 0 Å². The van der Waals surface area contributed by atoms with Crippen molar-refractivity contribution >= 4 is 35.6 Å². The van der Waals surface area contributed by atoms with Gasteiger partial charge < -0.3 is 54.8 Å². The number of rotatable bonds is 17. The number of guanidine groups is 2. The third-order valence-electron chi connectivity index (χ3n) is 5.31. The van der Waals surface area contributed by atoms with Gasteiger partial charge in [0, 0.05) is 13.1 Å². The molecule has 1 aromatic carbocycles. The van der Waals surface area contributed by atoms with Crippen molar-refractivity contribution in [3.8, 4) is 5.75 Å². The van der Waals surface area contributed by atoms with Gasteiger partial charge in [-0.1, -0.05) is 12.1 Å². The van der Waals surface area contributed by atoms with Crippen molar-refractivity contribution in [2.24, 2.45) is 38.7 Å². The summed E-state index contributed by atoms with van der Waals surface area (Å²) in [6, 6.07) is 2.88. The normalized spacial score (nSPS) is 12.7. The van der Waals surface area contributed by atoms with E-state index in [-0.39, 0.29) is 50.0 Å². The fraction of sp³-hybridized carbons (Fsp3) is 0.478. The van der Waals surface area contributed by atoms with E-state index in [0.717, 1.165) is 0 Å². The molecule has 0 saturated heterocycles. The fourth-order valence-corrected chi connectivity index (χ4v) is 3.33. The van der Waals surface area contributed by atoms with Gasteiger partial charge in [-0.2, -0.15) is 0 Å². The molecule has 0 aromatic heterocycles. The van der Waals surface area contributed by atoms with E-state index in [1.54, 1.807) is 12.1 Å². The molecule has 1 aromatic rings. The lowest BCUT2D eigenvalue weighted by atomic mass is 10.0. The van der Waals surface area contributed by atoms with Crippen LogP contribution in [0.2, 0.25) is 0 Å². The SMILES string of the molecule is NC(N)=NCCCC(NC(=O)CNC(=O)C(CCCN=C(N)N)NC(=O)C(N)Cc1ccc(O)cc1)C(=O)O. The Balaban J connectivity index is 2.73. The molecule has 0 aliphatic rings. The first kappa shape index (κ1) is 32.4. The highest BCUT2D eigenvalue weighted by molar-refractivity contribution is 5.92. The molecular weight excluding hydrogens is 512 g/mol. The zero-order chi connectivity index (χ0) is 29.4.